The highest BCUT2D eigenvalue weighted by Crippen LogP contribution is 2.16. The van der Waals surface area contributed by atoms with E-state index in [-0.39, 0.29) is 11.5 Å². The van der Waals surface area contributed by atoms with E-state index in [0.717, 1.165) is 11.1 Å². The normalized spacial score (nSPS) is 11.1. The van der Waals surface area contributed by atoms with E-state index < -0.39 is 15.9 Å². The van der Waals surface area contributed by atoms with E-state index in [1.807, 2.05) is 30.7 Å². The van der Waals surface area contributed by atoms with Gasteiger partial charge in [0.15, 0.2) is 6.61 Å². The Labute approximate surface area is 136 Å². The summed E-state index contributed by atoms with van der Waals surface area (Å²) in [6.45, 7) is 5.13. The number of amides is 1. The molecule has 1 amide bonds. The van der Waals surface area contributed by atoms with E-state index in [1.54, 1.807) is 31.2 Å². The van der Waals surface area contributed by atoms with Gasteiger partial charge in [0.25, 0.3) is 15.9 Å². The molecule has 5 nitrogen and oxygen atoms in total. The lowest BCUT2D eigenvalue weighted by molar-refractivity contribution is -0.121. The number of rotatable bonds is 5. The summed E-state index contributed by atoms with van der Waals surface area (Å²) in [5, 5.41) is 0. The van der Waals surface area contributed by atoms with Gasteiger partial charge in [-0.2, -0.15) is 0 Å². The summed E-state index contributed by atoms with van der Waals surface area (Å²) in [6.07, 6.45) is 0. The highest BCUT2D eigenvalue weighted by atomic mass is 32.2. The van der Waals surface area contributed by atoms with Gasteiger partial charge in [0.05, 0.1) is 4.90 Å². The van der Waals surface area contributed by atoms with Crippen molar-refractivity contribution in [3.63, 3.8) is 0 Å². The molecule has 0 atom stereocenters. The fourth-order valence-corrected chi connectivity index (χ4v) is 3.32. The van der Waals surface area contributed by atoms with Gasteiger partial charge in [-0.25, -0.2) is 13.1 Å². The number of carbonyl (C=O) groups is 1. The molecular formula is C17H19NO4S. The second kappa shape index (κ2) is 6.83. The summed E-state index contributed by atoms with van der Waals surface area (Å²) in [5.74, 6) is -0.208. The third kappa shape index (κ3) is 4.56. The van der Waals surface area contributed by atoms with Crippen molar-refractivity contribution in [3.8, 4) is 5.75 Å². The highest BCUT2D eigenvalue weighted by Gasteiger charge is 2.20. The molecule has 0 radical (unpaired) electrons. The fraction of sp³-hybridized carbons (Fsp3) is 0.235. The van der Waals surface area contributed by atoms with Crippen LogP contribution in [-0.4, -0.2) is 20.9 Å². The summed E-state index contributed by atoms with van der Waals surface area (Å²) in [7, 11) is -3.90. The van der Waals surface area contributed by atoms with Crippen molar-refractivity contribution in [1.29, 1.82) is 0 Å². The zero-order chi connectivity index (χ0) is 17.0. The summed E-state index contributed by atoms with van der Waals surface area (Å²) in [4.78, 5) is 11.9. The fourth-order valence-electron chi connectivity index (χ4n) is 2.12. The van der Waals surface area contributed by atoms with E-state index in [4.69, 9.17) is 4.74 Å². The Hall–Kier alpha value is -2.34. The lowest BCUT2D eigenvalue weighted by atomic mass is 10.2. The van der Waals surface area contributed by atoms with Crippen LogP contribution in [-0.2, 0) is 14.8 Å². The number of nitrogens with one attached hydrogen (secondary N) is 1. The molecule has 0 spiro atoms. The van der Waals surface area contributed by atoms with Crippen LogP contribution in [0.25, 0.3) is 0 Å². The maximum absolute atomic E-state index is 12.2. The quantitative estimate of drug-likeness (QED) is 0.912. The average molecular weight is 333 g/mol. The van der Waals surface area contributed by atoms with Crippen molar-refractivity contribution in [3.05, 3.63) is 59.2 Å². The van der Waals surface area contributed by atoms with Gasteiger partial charge in [0.1, 0.15) is 5.75 Å². The van der Waals surface area contributed by atoms with E-state index in [0.29, 0.717) is 11.3 Å². The Morgan fingerprint density at radius 3 is 2.22 bits per heavy atom. The number of benzene rings is 2. The third-order valence-corrected chi connectivity index (χ3v) is 4.79. The number of hydrogen-bond donors (Lipinski definition) is 1. The maximum atomic E-state index is 12.2. The second-order valence-electron chi connectivity index (χ2n) is 5.40. The molecule has 0 saturated heterocycles. The Morgan fingerprint density at radius 2 is 1.61 bits per heavy atom. The smallest absolute Gasteiger partial charge is 0.271 e. The molecule has 122 valence electrons. The predicted octanol–water partition coefficient (Wildman–Crippen LogP) is 2.50. The number of hydrogen-bond acceptors (Lipinski definition) is 4. The van der Waals surface area contributed by atoms with Crippen molar-refractivity contribution in [1.82, 2.24) is 4.72 Å². The molecule has 2 aromatic rings. The van der Waals surface area contributed by atoms with Crippen LogP contribution in [0.4, 0.5) is 0 Å². The molecule has 1 N–H and O–H groups in total. The first-order valence-corrected chi connectivity index (χ1v) is 8.58. The van der Waals surface area contributed by atoms with Crippen molar-refractivity contribution in [2.45, 2.75) is 25.7 Å². The zero-order valence-corrected chi connectivity index (χ0v) is 14.1. The van der Waals surface area contributed by atoms with Crippen LogP contribution in [0.2, 0.25) is 0 Å². The molecule has 6 heteroatoms. The molecule has 0 bridgehead atoms. The molecule has 0 aromatic heterocycles. The van der Waals surface area contributed by atoms with Gasteiger partial charge in [-0.1, -0.05) is 35.4 Å². The van der Waals surface area contributed by atoms with Crippen molar-refractivity contribution < 1.29 is 17.9 Å². The Bertz CT molecular complexity index is 811. The first-order chi connectivity index (χ1) is 10.8. The molecule has 0 aliphatic rings. The van der Waals surface area contributed by atoms with Crippen LogP contribution in [0.3, 0.4) is 0 Å². The summed E-state index contributed by atoms with van der Waals surface area (Å²) >= 11 is 0. The summed E-state index contributed by atoms with van der Waals surface area (Å²) in [5.41, 5.74) is 2.61. The van der Waals surface area contributed by atoms with Gasteiger partial charge >= 0.3 is 0 Å². The van der Waals surface area contributed by atoms with Gasteiger partial charge in [-0.05, 0) is 44.5 Å². The topological polar surface area (TPSA) is 72.5 Å². The largest absolute Gasteiger partial charge is 0.484 e. The highest BCUT2D eigenvalue weighted by molar-refractivity contribution is 7.90. The minimum absolute atomic E-state index is 0.0896. The van der Waals surface area contributed by atoms with Crippen LogP contribution in [0, 0.1) is 20.8 Å². The van der Waals surface area contributed by atoms with Crippen molar-refractivity contribution >= 4 is 15.9 Å². The molecule has 0 aliphatic carbocycles. The number of ether oxygens (including phenoxy) is 1. The molecule has 23 heavy (non-hydrogen) atoms. The first kappa shape index (κ1) is 17.0. The number of aryl methyl sites for hydroxylation is 3. The molecular weight excluding hydrogens is 314 g/mol. The Balaban J connectivity index is 2.02. The monoisotopic (exact) mass is 333 g/mol. The van der Waals surface area contributed by atoms with E-state index >= 15 is 0 Å². The molecule has 0 unspecified atom stereocenters. The summed E-state index contributed by atoms with van der Waals surface area (Å²) in [6, 6.07) is 12.1. The average Bonchev–Trinajstić information content (AvgIpc) is 2.45. The van der Waals surface area contributed by atoms with Gasteiger partial charge in [-0.15, -0.1) is 0 Å². The predicted molar refractivity (Wildman–Crippen MR) is 87.9 cm³/mol. The molecule has 0 heterocycles. The van der Waals surface area contributed by atoms with E-state index in [1.165, 1.54) is 6.07 Å². The lowest BCUT2D eigenvalue weighted by Gasteiger charge is -2.11. The van der Waals surface area contributed by atoms with Crippen molar-refractivity contribution in [2.75, 3.05) is 6.61 Å². The summed E-state index contributed by atoms with van der Waals surface area (Å²) < 4.78 is 31.8. The molecule has 2 aromatic carbocycles. The van der Waals surface area contributed by atoms with Crippen LogP contribution >= 0.6 is 0 Å². The van der Waals surface area contributed by atoms with Crippen LogP contribution < -0.4 is 9.46 Å². The number of sulfonamides is 1. The molecule has 2 rings (SSSR count). The molecule has 0 aliphatic heterocycles. The van der Waals surface area contributed by atoms with Gasteiger partial charge in [0, 0.05) is 0 Å². The first-order valence-electron chi connectivity index (χ1n) is 7.10. The second-order valence-corrected chi connectivity index (χ2v) is 7.05. The molecule has 0 saturated carbocycles. The Kier molecular flexibility index (Phi) is 5.05. The maximum Gasteiger partial charge on any atom is 0.271 e. The zero-order valence-electron chi connectivity index (χ0n) is 13.3. The van der Waals surface area contributed by atoms with E-state index in [2.05, 4.69) is 0 Å². The SMILES string of the molecule is Cc1ccc(OCC(=O)NS(=O)(=O)c2ccc(C)cc2C)cc1. The minimum atomic E-state index is -3.90. The molecule has 0 fully saturated rings. The number of carbonyl (C=O) groups excluding carboxylic acids is 1. The third-order valence-electron chi connectivity index (χ3n) is 3.26. The Morgan fingerprint density at radius 1 is 1.00 bits per heavy atom. The van der Waals surface area contributed by atoms with Gasteiger partial charge < -0.3 is 4.74 Å². The minimum Gasteiger partial charge on any atom is -0.484 e. The van der Waals surface area contributed by atoms with Crippen LogP contribution in [0.15, 0.2) is 47.4 Å². The van der Waals surface area contributed by atoms with Gasteiger partial charge in [0.2, 0.25) is 0 Å². The lowest BCUT2D eigenvalue weighted by Crippen LogP contribution is -2.34. The van der Waals surface area contributed by atoms with Crippen LogP contribution in [0.1, 0.15) is 16.7 Å². The van der Waals surface area contributed by atoms with E-state index in [9.17, 15) is 13.2 Å². The van der Waals surface area contributed by atoms with Crippen molar-refractivity contribution in [2.24, 2.45) is 0 Å². The standard InChI is InChI=1S/C17H19NO4S/c1-12-4-7-15(8-5-12)22-11-17(19)18-23(20,21)16-9-6-13(2)10-14(16)3/h4-10H,11H2,1-3H3,(H,18,19). The van der Waals surface area contributed by atoms with Crippen LogP contribution in [0.5, 0.6) is 5.75 Å². The van der Waals surface area contributed by atoms with Gasteiger partial charge in [-0.3, -0.25) is 4.79 Å².